The molecule has 6 heteroatoms. The Morgan fingerprint density at radius 3 is 1.07 bits per heavy atom. The lowest BCUT2D eigenvalue weighted by Gasteiger charge is -2.27. The van der Waals surface area contributed by atoms with Crippen LogP contribution in [0.25, 0.3) is 120 Å². The third-order valence-corrected chi connectivity index (χ3v) is 16.4. The highest BCUT2D eigenvalue weighted by Crippen LogP contribution is 2.48. The van der Waals surface area contributed by atoms with E-state index in [1.165, 1.54) is 32.6 Å². The monoisotopic (exact) mass is 1020 g/mol. The maximum Gasteiger partial charge on any atom is 0.178 e. The summed E-state index contributed by atoms with van der Waals surface area (Å²) >= 11 is 0. The standard InChI is InChI=1S/C74H46N4O2/c1-5-19-51(20-6-1)75(65-31-17-33-67-71(65)59-27-13-15-29-63(59)77(67)53-23-9-3-10-24-53)55-37-35-47-43-61-57-39-40-58-62-44-48-36-38-56(42-50(48)46-70(62)80-74(58)73(57)79-69(61)45-49(47)41-55)76(52-21-7-2-8-22-52)66-32-18-34-68-72(66)60-28-14-16-30-64(60)78(68)54-25-11-4-12-26-54/h1-46H. The molecule has 4 aromatic heterocycles. The highest BCUT2D eigenvalue weighted by atomic mass is 16.4. The summed E-state index contributed by atoms with van der Waals surface area (Å²) in [5.74, 6) is 0. The molecule has 0 aliphatic carbocycles. The van der Waals surface area contributed by atoms with Gasteiger partial charge in [-0.05, 0) is 167 Å². The fourth-order valence-corrected chi connectivity index (χ4v) is 12.9. The molecule has 0 unspecified atom stereocenters. The van der Waals surface area contributed by atoms with E-state index < -0.39 is 0 Å². The molecule has 0 atom stereocenters. The summed E-state index contributed by atoms with van der Waals surface area (Å²) in [7, 11) is 0. The Kier molecular flexibility index (Phi) is 9.61. The van der Waals surface area contributed by atoms with Gasteiger partial charge < -0.3 is 27.8 Å². The number of hydrogen-bond acceptors (Lipinski definition) is 4. The first-order valence-corrected chi connectivity index (χ1v) is 27.2. The van der Waals surface area contributed by atoms with Gasteiger partial charge in [0.2, 0.25) is 0 Å². The van der Waals surface area contributed by atoms with Crippen molar-refractivity contribution < 1.29 is 8.83 Å². The Hall–Kier alpha value is -10.8. The first kappa shape index (κ1) is 44.3. The van der Waals surface area contributed by atoms with Gasteiger partial charge in [-0.2, -0.15) is 0 Å². The zero-order valence-corrected chi connectivity index (χ0v) is 43.2. The van der Waals surface area contributed by atoms with Gasteiger partial charge in [0.1, 0.15) is 11.2 Å². The summed E-state index contributed by atoms with van der Waals surface area (Å²) in [6.45, 7) is 0. The lowest BCUT2D eigenvalue weighted by molar-refractivity contribution is 0.634. The number of hydrogen-bond donors (Lipinski definition) is 0. The van der Waals surface area contributed by atoms with E-state index in [9.17, 15) is 0 Å². The van der Waals surface area contributed by atoms with Crippen molar-refractivity contribution in [1.29, 1.82) is 0 Å². The Morgan fingerprint density at radius 2 is 0.637 bits per heavy atom. The highest BCUT2D eigenvalue weighted by Gasteiger charge is 2.25. The van der Waals surface area contributed by atoms with Crippen LogP contribution in [0.5, 0.6) is 0 Å². The van der Waals surface area contributed by atoms with Gasteiger partial charge in [-0.3, -0.25) is 0 Å². The quantitative estimate of drug-likeness (QED) is 0.152. The van der Waals surface area contributed by atoms with Gasteiger partial charge in [0, 0.05) is 77.2 Å². The molecule has 374 valence electrons. The van der Waals surface area contributed by atoms with Crippen LogP contribution in [0.2, 0.25) is 0 Å². The first-order valence-electron chi connectivity index (χ1n) is 27.2. The van der Waals surface area contributed by atoms with Crippen LogP contribution in [0.1, 0.15) is 0 Å². The zero-order valence-electron chi connectivity index (χ0n) is 43.2. The van der Waals surface area contributed by atoms with E-state index in [1.807, 2.05) is 0 Å². The van der Waals surface area contributed by atoms with E-state index in [0.717, 1.165) is 122 Å². The largest absolute Gasteiger partial charge is 0.452 e. The van der Waals surface area contributed by atoms with Crippen LogP contribution < -0.4 is 9.80 Å². The van der Waals surface area contributed by atoms with Crippen molar-refractivity contribution in [3.05, 3.63) is 279 Å². The van der Waals surface area contributed by atoms with Crippen LogP contribution in [0.4, 0.5) is 34.1 Å². The SMILES string of the molecule is c1ccc(N(c2ccc3cc4c(cc3c2)oc2c4ccc3c4cc5ccc(N(c6ccccc6)c6cccc7c6c6ccccc6n7-c6ccccc6)cc5cc4oc32)c2cccc3c2c2ccccc2n3-c2ccccc2)cc1. The molecule has 17 aromatic rings. The molecule has 0 aliphatic rings. The van der Waals surface area contributed by atoms with Crippen molar-refractivity contribution in [2.75, 3.05) is 9.80 Å². The second-order valence-corrected chi connectivity index (χ2v) is 20.8. The number of anilines is 6. The minimum Gasteiger partial charge on any atom is -0.452 e. The number of furan rings is 2. The molecule has 17 rings (SSSR count). The topological polar surface area (TPSA) is 42.6 Å². The summed E-state index contributed by atoms with van der Waals surface area (Å²) in [6, 6.07) is 100. The molecule has 0 saturated carbocycles. The third kappa shape index (κ3) is 6.66. The molecule has 0 aliphatic heterocycles. The highest BCUT2D eigenvalue weighted by molar-refractivity contribution is 6.23. The Bertz CT molecular complexity index is 4970. The van der Waals surface area contributed by atoms with Crippen LogP contribution in [-0.2, 0) is 0 Å². The number of benzene rings is 13. The molecule has 13 aromatic carbocycles. The molecule has 0 bridgehead atoms. The second-order valence-electron chi connectivity index (χ2n) is 20.8. The van der Waals surface area contributed by atoms with Crippen molar-refractivity contribution in [1.82, 2.24) is 9.13 Å². The van der Waals surface area contributed by atoms with Crippen LogP contribution in [-0.4, -0.2) is 9.13 Å². The van der Waals surface area contributed by atoms with Crippen molar-refractivity contribution in [2.45, 2.75) is 0 Å². The summed E-state index contributed by atoms with van der Waals surface area (Å²) in [4.78, 5) is 4.78. The van der Waals surface area contributed by atoms with Gasteiger partial charge in [-0.1, -0.05) is 133 Å². The molecule has 0 N–H and O–H groups in total. The zero-order chi connectivity index (χ0) is 52.4. The first-order chi connectivity index (χ1) is 39.7. The number of nitrogens with zero attached hydrogens (tertiary/aromatic N) is 4. The maximum atomic E-state index is 6.95. The summed E-state index contributed by atoms with van der Waals surface area (Å²) in [5.41, 5.74) is 16.5. The van der Waals surface area contributed by atoms with Gasteiger partial charge in [0.25, 0.3) is 0 Å². The van der Waals surface area contributed by atoms with Crippen molar-refractivity contribution in [3.8, 4) is 11.4 Å². The van der Waals surface area contributed by atoms with Crippen LogP contribution in [0, 0.1) is 0 Å². The van der Waals surface area contributed by atoms with Gasteiger partial charge in [-0.25, -0.2) is 0 Å². The third-order valence-electron chi connectivity index (χ3n) is 16.4. The fourth-order valence-electron chi connectivity index (χ4n) is 12.9. The molecule has 0 amide bonds. The van der Waals surface area contributed by atoms with E-state index in [0.29, 0.717) is 0 Å². The molecule has 0 radical (unpaired) electrons. The maximum absolute atomic E-state index is 6.95. The Balaban J connectivity index is 0.792. The number of para-hydroxylation sites is 6. The number of fused-ring (bicyclic) bond motifs is 15. The minimum absolute atomic E-state index is 0.749. The van der Waals surface area contributed by atoms with Gasteiger partial charge in [0.15, 0.2) is 11.2 Å². The smallest absolute Gasteiger partial charge is 0.178 e. The second kappa shape index (κ2) is 17.3. The molecule has 0 fully saturated rings. The average molecular weight is 1020 g/mol. The fraction of sp³-hybridized carbons (Fsp3) is 0. The predicted molar refractivity (Wildman–Crippen MR) is 334 cm³/mol. The van der Waals surface area contributed by atoms with E-state index >= 15 is 0 Å². The van der Waals surface area contributed by atoms with E-state index in [-0.39, 0.29) is 0 Å². The predicted octanol–water partition coefficient (Wildman–Crippen LogP) is 20.9. The van der Waals surface area contributed by atoms with Crippen LogP contribution >= 0.6 is 0 Å². The summed E-state index contributed by atoms with van der Waals surface area (Å²) in [6.07, 6.45) is 0. The van der Waals surface area contributed by atoms with Crippen molar-refractivity contribution >= 4 is 143 Å². The van der Waals surface area contributed by atoms with Gasteiger partial charge >= 0.3 is 0 Å². The van der Waals surface area contributed by atoms with Gasteiger partial charge in [0.05, 0.1) is 33.4 Å². The van der Waals surface area contributed by atoms with Crippen LogP contribution in [0.3, 0.4) is 0 Å². The van der Waals surface area contributed by atoms with Crippen molar-refractivity contribution in [3.63, 3.8) is 0 Å². The molecule has 0 saturated heterocycles. The Morgan fingerprint density at radius 1 is 0.250 bits per heavy atom. The molecular formula is C74H46N4O2. The molecular weight excluding hydrogens is 977 g/mol. The van der Waals surface area contributed by atoms with Crippen LogP contribution in [0.15, 0.2) is 288 Å². The average Bonchev–Trinajstić information content (AvgIpc) is 4.46. The molecule has 0 spiro atoms. The summed E-state index contributed by atoms with van der Waals surface area (Å²) in [5, 5.41) is 13.4. The molecule has 4 heterocycles. The van der Waals surface area contributed by atoms with Crippen molar-refractivity contribution in [2.24, 2.45) is 0 Å². The molecule has 6 nitrogen and oxygen atoms in total. The van der Waals surface area contributed by atoms with Gasteiger partial charge in [-0.15, -0.1) is 0 Å². The van der Waals surface area contributed by atoms with E-state index in [4.69, 9.17) is 8.83 Å². The minimum atomic E-state index is 0.749. The van der Waals surface area contributed by atoms with E-state index in [1.54, 1.807) is 0 Å². The normalized spacial score (nSPS) is 12.0. The molecule has 80 heavy (non-hydrogen) atoms. The number of rotatable bonds is 8. The summed E-state index contributed by atoms with van der Waals surface area (Å²) < 4.78 is 18.6. The van der Waals surface area contributed by atoms with E-state index in [2.05, 4.69) is 298 Å². The lowest BCUT2D eigenvalue weighted by atomic mass is 10.0. The Labute approximate surface area is 459 Å². The number of aromatic nitrogens is 2. The lowest BCUT2D eigenvalue weighted by Crippen LogP contribution is -2.10.